The fourth-order valence-corrected chi connectivity index (χ4v) is 3.42. The molecule has 226 valence electrons. The Balaban J connectivity index is 0.000000414. The van der Waals surface area contributed by atoms with Crippen LogP contribution in [0, 0.1) is 6.92 Å². The molecular weight excluding hydrogens is 552 g/mol. The number of hydrogen-bond donors (Lipinski definition) is 2. The predicted octanol–water partition coefficient (Wildman–Crippen LogP) is 3.58. The number of esters is 2. The van der Waals surface area contributed by atoms with E-state index in [1.165, 1.54) is 24.3 Å². The van der Waals surface area contributed by atoms with Gasteiger partial charge in [0.2, 0.25) is 0 Å². The number of hydrogen-bond acceptors (Lipinski definition) is 10. The van der Waals surface area contributed by atoms with E-state index in [1.807, 2.05) is 31.2 Å². The third-order valence-corrected chi connectivity index (χ3v) is 6.35. The molecule has 0 saturated carbocycles. The molecule has 0 aliphatic carbocycles. The van der Waals surface area contributed by atoms with Crippen LogP contribution in [0.5, 0.6) is 11.5 Å². The number of aryl methyl sites for hydroxylation is 1. The van der Waals surface area contributed by atoms with Crippen molar-refractivity contribution in [3.05, 3.63) is 78.4 Å². The van der Waals surface area contributed by atoms with Crippen molar-refractivity contribution < 1.29 is 47.2 Å². The van der Waals surface area contributed by atoms with Crippen LogP contribution >= 0.6 is 0 Å². The summed E-state index contributed by atoms with van der Waals surface area (Å²) in [6.07, 6.45) is 0.233. The van der Waals surface area contributed by atoms with Crippen LogP contribution in [0.1, 0.15) is 32.3 Å². The Labute approximate surface area is 242 Å². The number of carbonyl (C=O) groups excluding carboxylic acids is 2. The van der Waals surface area contributed by atoms with Gasteiger partial charge in [0.05, 0.1) is 30.3 Å². The lowest BCUT2D eigenvalue weighted by molar-refractivity contribution is -0.140. The highest BCUT2D eigenvalue weighted by Crippen LogP contribution is 2.16. The van der Waals surface area contributed by atoms with Crippen LogP contribution in [0.15, 0.2) is 77.7 Å². The molecule has 0 amide bonds. The summed E-state index contributed by atoms with van der Waals surface area (Å²) in [6.45, 7) is 12.5. The van der Waals surface area contributed by atoms with Gasteiger partial charge in [-0.15, -0.1) is 0 Å². The zero-order valence-electron chi connectivity index (χ0n) is 24.0. The lowest BCUT2D eigenvalue weighted by Gasteiger charge is -2.12. The molecule has 0 aromatic heterocycles. The highest BCUT2D eigenvalue weighted by atomic mass is 32.2. The van der Waals surface area contributed by atoms with Gasteiger partial charge in [0.15, 0.2) is 9.84 Å². The first-order chi connectivity index (χ1) is 19.2. The Morgan fingerprint density at radius 3 is 1.46 bits per heavy atom. The zero-order valence-corrected chi connectivity index (χ0v) is 24.8. The molecule has 11 heteroatoms. The second kappa shape index (κ2) is 17.9. The van der Waals surface area contributed by atoms with E-state index in [-0.39, 0.29) is 37.7 Å². The largest absolute Gasteiger partial charge is 0.491 e. The first kappa shape index (κ1) is 35.4. The fraction of sp³-hybridized carbons (Fsp3) is 0.400. The van der Waals surface area contributed by atoms with Crippen molar-refractivity contribution in [1.82, 2.24) is 0 Å². The standard InChI is InChI=1S/C15H20O6S.C15H20O4/c1-11(2)15(17)20-9-8-12(16)10-21-13-4-6-14(7-5-13)22(3,18)19;1-11(2)15(17)18-9-8-13(16)10-19-14-6-4-12(3)5-7-14/h4-7,12,16H,1,8-10H2,2-3H3;4-7,13,16H,1,8-10H2,2-3H3. The molecule has 0 aliphatic heterocycles. The quantitative estimate of drug-likeness (QED) is 0.232. The summed E-state index contributed by atoms with van der Waals surface area (Å²) in [5.41, 5.74) is 1.81. The summed E-state index contributed by atoms with van der Waals surface area (Å²) >= 11 is 0. The molecule has 2 atom stereocenters. The summed E-state index contributed by atoms with van der Waals surface area (Å²) in [4.78, 5) is 22.4. The summed E-state index contributed by atoms with van der Waals surface area (Å²) in [6, 6.07) is 13.5. The monoisotopic (exact) mass is 592 g/mol. The van der Waals surface area contributed by atoms with Crippen LogP contribution in [0.2, 0.25) is 0 Å². The van der Waals surface area contributed by atoms with E-state index in [0.717, 1.165) is 11.8 Å². The van der Waals surface area contributed by atoms with Crippen molar-refractivity contribution >= 4 is 21.8 Å². The number of ether oxygens (including phenoxy) is 4. The van der Waals surface area contributed by atoms with Gasteiger partial charge in [0, 0.05) is 30.2 Å². The molecule has 41 heavy (non-hydrogen) atoms. The number of rotatable bonds is 15. The Kier molecular flexibility index (Phi) is 15.4. The third kappa shape index (κ3) is 15.6. The van der Waals surface area contributed by atoms with Crippen LogP contribution in [-0.4, -0.2) is 75.5 Å². The van der Waals surface area contributed by atoms with Crippen molar-refractivity contribution in [2.75, 3.05) is 32.7 Å². The fourth-order valence-electron chi connectivity index (χ4n) is 2.79. The minimum atomic E-state index is -3.24. The van der Waals surface area contributed by atoms with Gasteiger partial charge in [-0.3, -0.25) is 0 Å². The van der Waals surface area contributed by atoms with E-state index >= 15 is 0 Å². The molecule has 0 bridgehead atoms. The van der Waals surface area contributed by atoms with Gasteiger partial charge in [0.25, 0.3) is 0 Å². The van der Waals surface area contributed by atoms with E-state index in [0.29, 0.717) is 29.1 Å². The maximum Gasteiger partial charge on any atom is 0.333 e. The van der Waals surface area contributed by atoms with Gasteiger partial charge in [-0.2, -0.15) is 0 Å². The van der Waals surface area contributed by atoms with Crippen molar-refractivity contribution in [3.63, 3.8) is 0 Å². The second-order valence-electron chi connectivity index (χ2n) is 9.40. The Hall–Kier alpha value is -3.67. The average Bonchev–Trinajstić information content (AvgIpc) is 2.91. The third-order valence-electron chi connectivity index (χ3n) is 5.22. The molecule has 0 saturated heterocycles. The summed E-state index contributed by atoms with van der Waals surface area (Å²) in [5.74, 6) is 0.227. The average molecular weight is 593 g/mol. The van der Waals surface area contributed by atoms with Crippen LogP contribution < -0.4 is 9.47 Å². The molecule has 0 radical (unpaired) electrons. The van der Waals surface area contributed by atoms with Crippen molar-refractivity contribution in [2.24, 2.45) is 0 Å². The maximum absolute atomic E-state index is 11.3. The molecule has 2 unspecified atom stereocenters. The van der Waals surface area contributed by atoms with E-state index < -0.39 is 34.0 Å². The minimum Gasteiger partial charge on any atom is -0.491 e. The smallest absolute Gasteiger partial charge is 0.333 e. The van der Waals surface area contributed by atoms with Gasteiger partial charge in [-0.05, 0) is 57.2 Å². The Bertz CT molecular complexity index is 1240. The molecule has 2 N–H and O–H groups in total. The summed E-state index contributed by atoms with van der Waals surface area (Å²) in [7, 11) is -3.24. The normalized spacial score (nSPS) is 12.1. The summed E-state index contributed by atoms with van der Waals surface area (Å²) < 4.78 is 43.1. The molecule has 0 spiro atoms. The number of aliphatic hydroxyl groups excluding tert-OH is 2. The molecule has 0 heterocycles. The SMILES string of the molecule is C=C(C)C(=O)OCCC(O)COc1ccc(C)cc1.C=C(C)C(=O)OCCC(O)COc1ccc(S(C)(=O)=O)cc1. The molecule has 10 nitrogen and oxygen atoms in total. The molecule has 0 fully saturated rings. The van der Waals surface area contributed by atoms with Gasteiger partial charge in [0.1, 0.15) is 24.7 Å². The lowest BCUT2D eigenvalue weighted by atomic mass is 10.2. The molecule has 2 aromatic rings. The number of sulfone groups is 1. The van der Waals surface area contributed by atoms with Crippen LogP contribution in [-0.2, 0) is 28.9 Å². The van der Waals surface area contributed by atoms with Gasteiger partial charge in [-0.1, -0.05) is 30.9 Å². The predicted molar refractivity (Wildman–Crippen MR) is 155 cm³/mol. The minimum absolute atomic E-state index is 0.0167. The first-order valence-corrected chi connectivity index (χ1v) is 14.7. The van der Waals surface area contributed by atoms with Crippen molar-refractivity contribution in [1.29, 1.82) is 0 Å². The molecular formula is C30H40O10S. The Morgan fingerprint density at radius 2 is 1.12 bits per heavy atom. The highest BCUT2D eigenvalue weighted by Gasteiger charge is 2.11. The topological polar surface area (TPSA) is 146 Å². The lowest BCUT2D eigenvalue weighted by Crippen LogP contribution is -2.20. The van der Waals surface area contributed by atoms with Crippen LogP contribution in [0.3, 0.4) is 0 Å². The second-order valence-corrected chi connectivity index (χ2v) is 11.4. The highest BCUT2D eigenvalue weighted by molar-refractivity contribution is 7.90. The van der Waals surface area contributed by atoms with Gasteiger partial charge >= 0.3 is 11.9 Å². The van der Waals surface area contributed by atoms with Gasteiger partial charge < -0.3 is 29.2 Å². The molecule has 2 aromatic carbocycles. The molecule has 0 aliphatic rings. The number of aliphatic hydroxyl groups is 2. The van der Waals surface area contributed by atoms with E-state index in [2.05, 4.69) is 13.2 Å². The zero-order chi connectivity index (χ0) is 31.0. The molecule has 2 rings (SSSR count). The van der Waals surface area contributed by atoms with Crippen molar-refractivity contribution in [2.45, 2.75) is 50.7 Å². The Morgan fingerprint density at radius 1 is 0.756 bits per heavy atom. The number of benzene rings is 2. The number of carbonyl (C=O) groups is 2. The van der Waals surface area contributed by atoms with E-state index in [4.69, 9.17) is 18.9 Å². The van der Waals surface area contributed by atoms with Gasteiger partial charge in [-0.25, -0.2) is 18.0 Å². The first-order valence-electron chi connectivity index (χ1n) is 12.8. The maximum atomic E-state index is 11.3. The van der Waals surface area contributed by atoms with Crippen LogP contribution in [0.25, 0.3) is 0 Å². The van der Waals surface area contributed by atoms with Crippen LogP contribution in [0.4, 0.5) is 0 Å². The van der Waals surface area contributed by atoms with Crippen molar-refractivity contribution in [3.8, 4) is 11.5 Å². The van der Waals surface area contributed by atoms with E-state index in [1.54, 1.807) is 13.8 Å². The van der Waals surface area contributed by atoms with E-state index in [9.17, 15) is 28.2 Å². The summed E-state index contributed by atoms with van der Waals surface area (Å²) in [5, 5.41) is 19.4.